The number of rotatable bonds is 7. The van der Waals surface area contributed by atoms with Gasteiger partial charge < -0.3 is 0 Å². The van der Waals surface area contributed by atoms with Crippen LogP contribution < -0.4 is 5.43 Å². The van der Waals surface area contributed by atoms with Gasteiger partial charge in [-0.1, -0.05) is 41.9 Å². The maximum absolute atomic E-state index is 11.7. The minimum Gasteiger partial charge on any atom is -0.272 e. The van der Waals surface area contributed by atoms with Gasteiger partial charge in [-0.05, 0) is 11.6 Å². The van der Waals surface area contributed by atoms with Crippen LogP contribution in [0.15, 0.2) is 53.6 Å². The van der Waals surface area contributed by atoms with E-state index in [4.69, 9.17) is 11.6 Å². The third kappa shape index (κ3) is 5.68. The summed E-state index contributed by atoms with van der Waals surface area (Å²) in [6, 6.07) is 13.8. The van der Waals surface area contributed by atoms with Gasteiger partial charge >= 0.3 is 0 Å². The number of hydrogen-bond acceptors (Lipinski definition) is 5. The number of hydrogen-bond donors (Lipinski definition) is 1. The molecular formula is C16H14ClN3O3S. The zero-order valence-corrected chi connectivity index (χ0v) is 14.1. The van der Waals surface area contributed by atoms with E-state index in [0.717, 1.165) is 11.3 Å². The van der Waals surface area contributed by atoms with Crippen molar-refractivity contribution >= 4 is 41.2 Å². The Kier molecular flexibility index (Phi) is 6.77. The molecule has 1 amide bonds. The number of benzene rings is 2. The molecule has 1 N–H and O–H groups in total. The summed E-state index contributed by atoms with van der Waals surface area (Å²) in [7, 11) is 0. The molecule has 0 unspecified atom stereocenters. The van der Waals surface area contributed by atoms with Crippen molar-refractivity contribution in [2.75, 3.05) is 5.75 Å². The highest BCUT2D eigenvalue weighted by atomic mass is 35.5. The van der Waals surface area contributed by atoms with Gasteiger partial charge in [0.25, 0.3) is 5.69 Å². The van der Waals surface area contributed by atoms with Crippen LogP contribution in [0.4, 0.5) is 5.69 Å². The molecule has 0 aliphatic carbocycles. The summed E-state index contributed by atoms with van der Waals surface area (Å²) in [4.78, 5) is 21.9. The SMILES string of the molecule is O=C(CSCc1ccccc1)N/N=C/c1cc([N+](=O)[O-])ccc1Cl. The molecule has 0 atom stereocenters. The van der Waals surface area contributed by atoms with Crippen molar-refractivity contribution in [2.45, 2.75) is 5.75 Å². The van der Waals surface area contributed by atoms with Crippen molar-refractivity contribution in [1.82, 2.24) is 5.43 Å². The minimum absolute atomic E-state index is 0.0920. The van der Waals surface area contributed by atoms with E-state index in [1.165, 1.54) is 36.2 Å². The summed E-state index contributed by atoms with van der Waals surface area (Å²) >= 11 is 7.41. The fraction of sp³-hybridized carbons (Fsp3) is 0.125. The van der Waals surface area contributed by atoms with E-state index in [2.05, 4.69) is 10.5 Å². The lowest BCUT2D eigenvalue weighted by molar-refractivity contribution is -0.384. The number of hydrazone groups is 1. The van der Waals surface area contributed by atoms with Crippen LogP contribution in [-0.4, -0.2) is 22.8 Å². The molecule has 2 aromatic rings. The maximum Gasteiger partial charge on any atom is 0.270 e. The highest BCUT2D eigenvalue weighted by molar-refractivity contribution is 7.99. The number of non-ortho nitro benzene ring substituents is 1. The number of halogens is 1. The first-order valence-corrected chi connectivity index (χ1v) is 8.47. The first kappa shape index (κ1) is 18.0. The molecule has 2 rings (SSSR count). The van der Waals surface area contributed by atoms with Gasteiger partial charge in [0.1, 0.15) is 0 Å². The van der Waals surface area contributed by atoms with Crippen LogP contribution in [0.3, 0.4) is 0 Å². The van der Waals surface area contributed by atoms with Crippen LogP contribution in [0.5, 0.6) is 0 Å². The zero-order chi connectivity index (χ0) is 17.4. The summed E-state index contributed by atoms with van der Waals surface area (Å²) in [5.41, 5.74) is 3.79. The number of nitro benzene ring substituents is 1. The van der Waals surface area contributed by atoms with Crippen molar-refractivity contribution in [3.8, 4) is 0 Å². The Morgan fingerprint density at radius 2 is 2.04 bits per heavy atom. The molecule has 24 heavy (non-hydrogen) atoms. The van der Waals surface area contributed by atoms with Gasteiger partial charge in [0.05, 0.1) is 16.9 Å². The molecule has 0 aliphatic rings. The monoisotopic (exact) mass is 363 g/mol. The van der Waals surface area contributed by atoms with Gasteiger partial charge in [-0.2, -0.15) is 5.10 Å². The van der Waals surface area contributed by atoms with Crippen molar-refractivity contribution in [3.05, 3.63) is 74.8 Å². The summed E-state index contributed by atoms with van der Waals surface area (Å²) in [5.74, 6) is 0.734. The van der Waals surface area contributed by atoms with Gasteiger partial charge in [0.2, 0.25) is 5.91 Å². The van der Waals surface area contributed by atoms with Crippen molar-refractivity contribution in [1.29, 1.82) is 0 Å². The second-order valence-corrected chi connectivity index (χ2v) is 6.13. The highest BCUT2D eigenvalue weighted by Crippen LogP contribution is 2.20. The van der Waals surface area contributed by atoms with Crippen LogP contribution in [0, 0.1) is 10.1 Å². The van der Waals surface area contributed by atoms with Gasteiger partial charge in [-0.3, -0.25) is 14.9 Å². The predicted molar refractivity (Wildman–Crippen MR) is 96.4 cm³/mol. The second kappa shape index (κ2) is 9.05. The number of amides is 1. The Balaban J connectivity index is 1.82. The predicted octanol–water partition coefficient (Wildman–Crippen LogP) is 3.63. The lowest BCUT2D eigenvalue weighted by atomic mass is 10.2. The van der Waals surface area contributed by atoms with E-state index >= 15 is 0 Å². The molecular weight excluding hydrogens is 350 g/mol. The fourth-order valence-electron chi connectivity index (χ4n) is 1.79. The molecule has 0 radical (unpaired) electrons. The van der Waals surface area contributed by atoms with Crippen molar-refractivity contribution in [2.24, 2.45) is 5.10 Å². The van der Waals surface area contributed by atoms with Gasteiger partial charge in [-0.25, -0.2) is 5.43 Å². The minimum atomic E-state index is -0.521. The number of carbonyl (C=O) groups is 1. The molecule has 0 saturated carbocycles. The summed E-state index contributed by atoms with van der Waals surface area (Å²) in [6.07, 6.45) is 1.29. The Hall–Kier alpha value is -2.38. The van der Waals surface area contributed by atoms with E-state index in [9.17, 15) is 14.9 Å². The van der Waals surface area contributed by atoms with Crippen molar-refractivity contribution < 1.29 is 9.72 Å². The quantitative estimate of drug-likeness (QED) is 0.462. The van der Waals surface area contributed by atoms with Crippen LogP contribution in [-0.2, 0) is 10.5 Å². The van der Waals surface area contributed by atoms with E-state index < -0.39 is 4.92 Å². The fourth-order valence-corrected chi connectivity index (χ4v) is 2.73. The number of nitro groups is 1. The van der Waals surface area contributed by atoms with Gasteiger partial charge in [0, 0.05) is 28.5 Å². The number of nitrogens with one attached hydrogen (secondary N) is 1. The largest absolute Gasteiger partial charge is 0.272 e. The van der Waals surface area contributed by atoms with Crippen molar-refractivity contribution in [3.63, 3.8) is 0 Å². The molecule has 2 aromatic carbocycles. The van der Waals surface area contributed by atoms with Crippen LogP contribution in [0.25, 0.3) is 0 Å². The van der Waals surface area contributed by atoms with Gasteiger partial charge in [-0.15, -0.1) is 11.8 Å². The van der Waals surface area contributed by atoms with Crippen LogP contribution in [0.2, 0.25) is 5.02 Å². The molecule has 0 fully saturated rings. The lowest BCUT2D eigenvalue weighted by Gasteiger charge is -2.01. The first-order valence-electron chi connectivity index (χ1n) is 6.94. The first-order chi connectivity index (χ1) is 11.6. The highest BCUT2D eigenvalue weighted by Gasteiger charge is 2.08. The van der Waals surface area contributed by atoms with Crippen LogP contribution in [0.1, 0.15) is 11.1 Å². The number of thioether (sulfide) groups is 1. The summed E-state index contributed by atoms with van der Waals surface area (Å²) in [6.45, 7) is 0. The second-order valence-electron chi connectivity index (χ2n) is 4.73. The Bertz CT molecular complexity index is 753. The molecule has 6 nitrogen and oxygen atoms in total. The average molecular weight is 364 g/mol. The summed E-state index contributed by atoms with van der Waals surface area (Å²) < 4.78 is 0. The van der Waals surface area contributed by atoms with E-state index in [-0.39, 0.29) is 17.3 Å². The Labute approximate surface area is 148 Å². The standard InChI is InChI=1S/C16H14ClN3O3S/c17-15-7-6-14(20(22)23)8-13(15)9-18-19-16(21)11-24-10-12-4-2-1-3-5-12/h1-9H,10-11H2,(H,19,21)/b18-9+. The molecule has 124 valence electrons. The molecule has 0 heterocycles. The van der Waals surface area contributed by atoms with E-state index in [0.29, 0.717) is 10.6 Å². The Morgan fingerprint density at radius 3 is 2.75 bits per heavy atom. The average Bonchev–Trinajstić information content (AvgIpc) is 2.57. The third-order valence-corrected chi connectivity index (χ3v) is 4.28. The number of nitrogens with zero attached hydrogens (tertiary/aromatic N) is 2. The molecule has 0 bridgehead atoms. The zero-order valence-electron chi connectivity index (χ0n) is 12.5. The molecule has 8 heteroatoms. The maximum atomic E-state index is 11.7. The smallest absolute Gasteiger partial charge is 0.270 e. The van der Waals surface area contributed by atoms with Crippen LogP contribution >= 0.6 is 23.4 Å². The van der Waals surface area contributed by atoms with E-state index in [1.54, 1.807) is 0 Å². The number of carbonyl (C=O) groups excluding carboxylic acids is 1. The molecule has 0 aromatic heterocycles. The molecule has 0 spiro atoms. The topological polar surface area (TPSA) is 84.6 Å². The third-order valence-electron chi connectivity index (χ3n) is 2.93. The normalized spacial score (nSPS) is 10.7. The van der Waals surface area contributed by atoms with Gasteiger partial charge in [0.15, 0.2) is 0 Å². The Morgan fingerprint density at radius 1 is 1.29 bits per heavy atom. The van der Waals surface area contributed by atoms with E-state index in [1.807, 2.05) is 30.3 Å². The lowest BCUT2D eigenvalue weighted by Crippen LogP contribution is -2.19. The molecule has 0 aliphatic heterocycles. The summed E-state index contributed by atoms with van der Waals surface area (Å²) in [5, 5.41) is 14.8. The molecule has 0 saturated heterocycles.